The van der Waals surface area contributed by atoms with E-state index in [-0.39, 0.29) is 11.5 Å². The maximum atomic E-state index is 13.4. The van der Waals surface area contributed by atoms with E-state index in [0.29, 0.717) is 11.2 Å². The van der Waals surface area contributed by atoms with Crippen LogP contribution in [0.4, 0.5) is 0 Å². The lowest BCUT2D eigenvalue weighted by atomic mass is 10.0. The van der Waals surface area contributed by atoms with Crippen molar-refractivity contribution in [2.24, 2.45) is 0 Å². The molecule has 4 rings (SSSR count). The normalized spacial score (nSPS) is 11.5. The maximum Gasteiger partial charge on any atom is 0.267 e. The Hall–Kier alpha value is -2.86. The van der Waals surface area contributed by atoms with Crippen molar-refractivity contribution in [2.75, 3.05) is 5.75 Å². The van der Waals surface area contributed by atoms with Gasteiger partial charge in [-0.15, -0.1) is 16.8 Å². The maximum absolute atomic E-state index is 13.4. The predicted octanol–water partition coefficient (Wildman–Crippen LogP) is 4.43. The molecule has 0 aliphatic rings. The third kappa shape index (κ3) is 2.86. The molecule has 0 saturated heterocycles. The summed E-state index contributed by atoms with van der Waals surface area (Å²) in [4.78, 5) is 13.4. The molecule has 27 heavy (non-hydrogen) atoms. The first-order chi connectivity index (χ1) is 13.1. The minimum Gasteiger partial charge on any atom is -0.268 e. The fourth-order valence-electron chi connectivity index (χ4n) is 3.30. The Labute approximate surface area is 161 Å². The summed E-state index contributed by atoms with van der Waals surface area (Å²) in [5.41, 5.74) is 2.67. The van der Waals surface area contributed by atoms with Gasteiger partial charge in [0.25, 0.3) is 5.56 Å². The number of hydrogen-bond acceptors (Lipinski definition) is 4. The van der Waals surface area contributed by atoms with Crippen LogP contribution in [0.3, 0.4) is 0 Å². The van der Waals surface area contributed by atoms with Crippen LogP contribution in [-0.2, 0) is 0 Å². The number of fused-ring (bicyclic) bond motifs is 3. The van der Waals surface area contributed by atoms with E-state index >= 15 is 0 Å². The number of thioether (sulfide) groups is 1. The molecule has 136 valence electrons. The topological polar surface area (TPSA) is 52.2 Å². The van der Waals surface area contributed by atoms with E-state index < -0.39 is 0 Å². The molecule has 6 heteroatoms. The lowest BCUT2D eigenvalue weighted by Gasteiger charge is -2.16. The Morgan fingerprint density at radius 2 is 1.85 bits per heavy atom. The van der Waals surface area contributed by atoms with Gasteiger partial charge in [-0.1, -0.05) is 62.0 Å². The van der Waals surface area contributed by atoms with E-state index in [1.165, 1.54) is 0 Å². The molecule has 0 spiro atoms. The van der Waals surface area contributed by atoms with Crippen molar-refractivity contribution < 1.29 is 0 Å². The molecule has 5 nitrogen and oxygen atoms in total. The summed E-state index contributed by atoms with van der Waals surface area (Å²) >= 11 is 1.55. The number of hydrogen-bond donors (Lipinski definition) is 0. The molecule has 2 aromatic carbocycles. The molecule has 0 bridgehead atoms. The van der Waals surface area contributed by atoms with Gasteiger partial charge in [0, 0.05) is 5.75 Å². The number of nitrogens with zero attached hydrogens (tertiary/aromatic N) is 4. The Kier molecular flexibility index (Phi) is 4.58. The highest BCUT2D eigenvalue weighted by atomic mass is 32.2. The van der Waals surface area contributed by atoms with Gasteiger partial charge >= 0.3 is 0 Å². The van der Waals surface area contributed by atoms with Gasteiger partial charge in [0.05, 0.1) is 16.6 Å². The molecule has 0 aliphatic carbocycles. The summed E-state index contributed by atoms with van der Waals surface area (Å²) < 4.78 is 3.64. The Morgan fingerprint density at radius 3 is 2.63 bits per heavy atom. The zero-order chi connectivity index (χ0) is 19.0. The smallest absolute Gasteiger partial charge is 0.267 e. The lowest BCUT2D eigenvalue weighted by molar-refractivity contribution is 0.837. The van der Waals surface area contributed by atoms with Crippen LogP contribution in [-0.4, -0.2) is 24.9 Å². The van der Waals surface area contributed by atoms with Crippen LogP contribution >= 0.6 is 11.8 Å². The van der Waals surface area contributed by atoms with Crippen molar-refractivity contribution in [2.45, 2.75) is 24.9 Å². The molecule has 4 aromatic rings. The Bertz CT molecular complexity index is 1210. The molecular formula is C21H20N4OS. The monoisotopic (exact) mass is 376 g/mol. The summed E-state index contributed by atoms with van der Waals surface area (Å²) in [5, 5.41) is 10.1. The highest BCUT2D eigenvalue weighted by Gasteiger charge is 2.19. The van der Waals surface area contributed by atoms with Crippen molar-refractivity contribution >= 4 is 28.4 Å². The van der Waals surface area contributed by atoms with Gasteiger partial charge in [0.1, 0.15) is 0 Å². The molecular weight excluding hydrogens is 356 g/mol. The van der Waals surface area contributed by atoms with E-state index in [1.54, 1.807) is 16.3 Å². The predicted molar refractivity (Wildman–Crippen MR) is 111 cm³/mol. The molecule has 0 radical (unpaired) electrons. The minimum atomic E-state index is -0.0844. The second-order valence-electron chi connectivity index (χ2n) is 6.59. The van der Waals surface area contributed by atoms with Crippen molar-refractivity contribution in [3.05, 3.63) is 77.1 Å². The van der Waals surface area contributed by atoms with Gasteiger partial charge in [-0.05, 0) is 29.7 Å². The average Bonchev–Trinajstić information content (AvgIpc) is 3.10. The standard InChI is InChI=1S/C21H20N4OS/c1-4-13-27-21-23-22-20-24(17-11-7-5-9-15(17)14(2)3)19(26)16-10-6-8-12-18(16)25(20)21/h4-12,14H,1,13H2,2-3H3. The summed E-state index contributed by atoms with van der Waals surface area (Å²) in [5.74, 6) is 1.52. The summed E-state index contributed by atoms with van der Waals surface area (Å²) in [7, 11) is 0. The van der Waals surface area contributed by atoms with Crippen molar-refractivity contribution in [3.63, 3.8) is 0 Å². The number of benzene rings is 2. The quantitative estimate of drug-likeness (QED) is 0.382. The molecule has 0 atom stereocenters. The third-order valence-electron chi connectivity index (χ3n) is 4.52. The van der Waals surface area contributed by atoms with Gasteiger partial charge in [-0.25, -0.2) is 4.57 Å². The molecule has 2 heterocycles. The van der Waals surface area contributed by atoms with Crippen LogP contribution < -0.4 is 5.56 Å². The second-order valence-corrected chi connectivity index (χ2v) is 7.58. The number of aromatic nitrogens is 4. The van der Waals surface area contributed by atoms with Crippen LogP contribution in [0.25, 0.3) is 22.4 Å². The zero-order valence-electron chi connectivity index (χ0n) is 15.3. The fraction of sp³-hybridized carbons (Fsp3) is 0.190. The van der Waals surface area contributed by atoms with Gasteiger partial charge < -0.3 is 0 Å². The first-order valence-electron chi connectivity index (χ1n) is 8.85. The van der Waals surface area contributed by atoms with Crippen molar-refractivity contribution in [1.29, 1.82) is 0 Å². The highest BCUT2D eigenvalue weighted by Crippen LogP contribution is 2.26. The average molecular weight is 376 g/mol. The van der Waals surface area contributed by atoms with Crippen LogP contribution in [0.1, 0.15) is 25.3 Å². The SMILES string of the molecule is C=CCSc1nnc2n(-c3ccccc3C(C)C)c(=O)c3ccccc3n12. The van der Waals surface area contributed by atoms with E-state index in [4.69, 9.17) is 0 Å². The van der Waals surface area contributed by atoms with Gasteiger partial charge in [0.2, 0.25) is 5.78 Å². The molecule has 0 fully saturated rings. The highest BCUT2D eigenvalue weighted by molar-refractivity contribution is 7.99. The molecule has 0 aliphatic heterocycles. The largest absolute Gasteiger partial charge is 0.268 e. The second kappa shape index (κ2) is 7.04. The van der Waals surface area contributed by atoms with Crippen LogP contribution in [0, 0.1) is 0 Å². The van der Waals surface area contributed by atoms with Crippen LogP contribution in [0.2, 0.25) is 0 Å². The summed E-state index contributed by atoms with van der Waals surface area (Å²) in [6.45, 7) is 8.02. The van der Waals surface area contributed by atoms with Crippen molar-refractivity contribution in [3.8, 4) is 5.69 Å². The Morgan fingerprint density at radius 1 is 1.11 bits per heavy atom. The molecule has 0 amide bonds. The Balaban J connectivity index is 2.15. The summed E-state index contributed by atoms with van der Waals surface area (Å²) in [6.07, 6.45) is 1.83. The van der Waals surface area contributed by atoms with Crippen LogP contribution in [0.15, 0.2) is 71.1 Å². The minimum absolute atomic E-state index is 0.0844. The van der Waals surface area contributed by atoms with Crippen molar-refractivity contribution in [1.82, 2.24) is 19.2 Å². The molecule has 0 N–H and O–H groups in total. The van der Waals surface area contributed by atoms with Gasteiger partial charge in [-0.2, -0.15) is 0 Å². The molecule has 0 unspecified atom stereocenters. The van der Waals surface area contributed by atoms with Crippen LogP contribution in [0.5, 0.6) is 0 Å². The zero-order valence-corrected chi connectivity index (χ0v) is 16.1. The van der Waals surface area contributed by atoms with E-state index in [2.05, 4.69) is 36.7 Å². The molecule has 2 aromatic heterocycles. The third-order valence-corrected chi connectivity index (χ3v) is 5.45. The van der Waals surface area contributed by atoms with E-state index in [9.17, 15) is 4.79 Å². The van der Waals surface area contributed by atoms with E-state index in [0.717, 1.165) is 27.7 Å². The van der Waals surface area contributed by atoms with Gasteiger partial charge in [0.15, 0.2) is 5.16 Å². The van der Waals surface area contributed by atoms with E-state index in [1.807, 2.05) is 52.9 Å². The summed E-state index contributed by atoms with van der Waals surface area (Å²) in [6, 6.07) is 15.6. The number of para-hydroxylation sites is 2. The molecule has 0 saturated carbocycles. The fourth-order valence-corrected chi connectivity index (χ4v) is 3.98. The number of rotatable bonds is 5. The first-order valence-corrected chi connectivity index (χ1v) is 9.84. The lowest BCUT2D eigenvalue weighted by Crippen LogP contribution is -2.23. The van der Waals surface area contributed by atoms with Gasteiger partial charge in [-0.3, -0.25) is 9.20 Å². The first kappa shape index (κ1) is 17.5.